The molecule has 0 saturated heterocycles. The first kappa shape index (κ1) is 15.0. The number of fused-ring (bicyclic) bond motifs is 1. The van der Waals surface area contributed by atoms with Gasteiger partial charge in [-0.15, -0.1) is 11.3 Å². The molecule has 2 aliphatic rings. The zero-order chi connectivity index (χ0) is 14.7. The number of carbonyl (C=O) groups excluding carboxylic acids is 1. The number of hydrogen-bond acceptors (Lipinski definition) is 3. The first-order valence-electron chi connectivity index (χ1n) is 8.23. The van der Waals surface area contributed by atoms with E-state index in [4.69, 9.17) is 0 Å². The molecule has 1 aromatic heterocycles. The number of carbonyl (C=O) groups is 1. The van der Waals surface area contributed by atoms with Crippen LogP contribution in [0.1, 0.15) is 65.1 Å². The van der Waals surface area contributed by atoms with Crippen molar-refractivity contribution in [1.29, 1.82) is 0 Å². The zero-order valence-corrected chi connectivity index (χ0v) is 13.4. The lowest BCUT2D eigenvalue weighted by atomic mass is 9.87. The number of thiophene rings is 1. The maximum Gasteiger partial charge on any atom is 0.261 e. The fourth-order valence-electron chi connectivity index (χ4n) is 3.65. The van der Waals surface area contributed by atoms with Gasteiger partial charge in [0.25, 0.3) is 5.91 Å². The summed E-state index contributed by atoms with van der Waals surface area (Å²) in [6.07, 6.45) is 10.5. The van der Waals surface area contributed by atoms with Crippen LogP contribution < -0.4 is 5.32 Å². The third-order valence-corrected chi connectivity index (χ3v) is 6.33. The first-order chi connectivity index (χ1) is 10.2. The van der Waals surface area contributed by atoms with E-state index in [-0.39, 0.29) is 17.9 Å². The number of hydrogen-bond donors (Lipinski definition) is 2. The fourth-order valence-corrected chi connectivity index (χ4v) is 4.82. The van der Waals surface area contributed by atoms with Crippen molar-refractivity contribution in [3.05, 3.63) is 21.4 Å². The summed E-state index contributed by atoms with van der Waals surface area (Å²) in [5, 5.41) is 12.7. The highest BCUT2D eigenvalue weighted by atomic mass is 32.1. The predicted molar refractivity (Wildman–Crippen MR) is 85.9 cm³/mol. The monoisotopic (exact) mass is 307 g/mol. The minimum atomic E-state index is -0.0655. The summed E-state index contributed by atoms with van der Waals surface area (Å²) in [5.74, 6) is 0.0489. The Bertz CT molecular complexity index is 479. The zero-order valence-electron chi connectivity index (χ0n) is 12.6. The molecule has 0 aromatic carbocycles. The number of amides is 1. The summed E-state index contributed by atoms with van der Waals surface area (Å²) < 4.78 is 0. The molecule has 3 nitrogen and oxygen atoms in total. The van der Waals surface area contributed by atoms with Gasteiger partial charge in [-0.2, -0.15) is 0 Å². The van der Waals surface area contributed by atoms with Crippen LogP contribution in [0.2, 0.25) is 0 Å². The Morgan fingerprint density at radius 2 is 1.95 bits per heavy atom. The highest BCUT2D eigenvalue weighted by Crippen LogP contribution is 2.37. The van der Waals surface area contributed by atoms with Gasteiger partial charge in [-0.05, 0) is 50.2 Å². The molecule has 1 amide bonds. The maximum atomic E-state index is 12.4. The van der Waals surface area contributed by atoms with Gasteiger partial charge in [-0.1, -0.05) is 19.3 Å². The molecule has 0 unspecified atom stereocenters. The number of rotatable bonds is 4. The number of aliphatic hydroxyl groups excluding tert-OH is 1. The maximum absolute atomic E-state index is 12.4. The average molecular weight is 307 g/mol. The molecule has 0 spiro atoms. The van der Waals surface area contributed by atoms with Gasteiger partial charge >= 0.3 is 0 Å². The third-order valence-electron chi connectivity index (χ3n) is 5.09. The molecule has 1 aromatic rings. The van der Waals surface area contributed by atoms with Gasteiger partial charge in [-0.25, -0.2) is 0 Å². The molecule has 1 fully saturated rings. The van der Waals surface area contributed by atoms with E-state index in [2.05, 4.69) is 11.4 Å². The van der Waals surface area contributed by atoms with E-state index < -0.39 is 0 Å². The number of nitrogens with one attached hydrogen (secondary N) is 1. The van der Waals surface area contributed by atoms with Crippen molar-refractivity contribution in [3.8, 4) is 0 Å². The minimum absolute atomic E-state index is 0.0489. The van der Waals surface area contributed by atoms with Crippen LogP contribution in [0, 0.1) is 5.41 Å². The SMILES string of the molecule is O=C(NCC1(CO)CCCC1)c1cc2c(s1)CCCCC2. The fraction of sp³-hybridized carbons (Fsp3) is 0.706. The average Bonchev–Trinajstić information content (AvgIpc) is 3.08. The van der Waals surface area contributed by atoms with E-state index in [0.717, 1.165) is 30.6 Å². The van der Waals surface area contributed by atoms with E-state index in [1.807, 2.05) is 0 Å². The standard InChI is InChI=1S/C17H25NO2S/c19-12-17(8-4-5-9-17)11-18-16(20)15-10-13-6-2-1-3-7-14(13)21-15/h10,19H,1-9,11-12H2,(H,18,20). The Morgan fingerprint density at radius 3 is 2.71 bits per heavy atom. The summed E-state index contributed by atoms with van der Waals surface area (Å²) in [4.78, 5) is 14.6. The van der Waals surface area contributed by atoms with E-state index >= 15 is 0 Å². The molecule has 0 atom stereocenters. The summed E-state index contributed by atoms with van der Waals surface area (Å²) in [6.45, 7) is 0.805. The van der Waals surface area contributed by atoms with Crippen LogP contribution >= 0.6 is 11.3 Å². The van der Waals surface area contributed by atoms with Crippen molar-refractivity contribution in [2.24, 2.45) is 5.41 Å². The van der Waals surface area contributed by atoms with Gasteiger partial charge in [0.15, 0.2) is 0 Å². The van der Waals surface area contributed by atoms with Crippen molar-refractivity contribution in [2.45, 2.75) is 57.8 Å². The van der Waals surface area contributed by atoms with Crippen molar-refractivity contribution >= 4 is 17.2 Å². The quantitative estimate of drug-likeness (QED) is 0.839. The second-order valence-corrected chi connectivity index (χ2v) is 7.80. The second-order valence-electron chi connectivity index (χ2n) is 6.67. The van der Waals surface area contributed by atoms with Crippen LogP contribution in [0.15, 0.2) is 6.07 Å². The van der Waals surface area contributed by atoms with E-state index in [9.17, 15) is 9.90 Å². The van der Waals surface area contributed by atoms with Crippen LogP contribution in [-0.2, 0) is 12.8 Å². The summed E-state index contributed by atoms with van der Waals surface area (Å²) in [5.41, 5.74) is 1.32. The lowest BCUT2D eigenvalue weighted by Gasteiger charge is -2.26. The van der Waals surface area contributed by atoms with E-state index in [1.165, 1.54) is 42.5 Å². The molecule has 116 valence electrons. The summed E-state index contributed by atoms with van der Waals surface area (Å²) in [6, 6.07) is 2.10. The normalized spacial score (nSPS) is 20.8. The molecule has 1 saturated carbocycles. The molecule has 4 heteroatoms. The molecule has 0 aliphatic heterocycles. The third kappa shape index (κ3) is 3.32. The van der Waals surface area contributed by atoms with Crippen molar-refractivity contribution in [1.82, 2.24) is 5.32 Å². The molecule has 3 rings (SSSR count). The second kappa shape index (κ2) is 6.49. The van der Waals surface area contributed by atoms with Gasteiger partial charge in [0.1, 0.15) is 0 Å². The Morgan fingerprint density at radius 1 is 1.19 bits per heavy atom. The highest BCUT2D eigenvalue weighted by molar-refractivity contribution is 7.14. The first-order valence-corrected chi connectivity index (χ1v) is 9.05. The van der Waals surface area contributed by atoms with Gasteiger partial charge in [0.2, 0.25) is 0 Å². The number of aryl methyl sites for hydroxylation is 2. The van der Waals surface area contributed by atoms with Crippen LogP contribution in [0.3, 0.4) is 0 Å². The van der Waals surface area contributed by atoms with E-state index in [0.29, 0.717) is 6.54 Å². The van der Waals surface area contributed by atoms with Gasteiger partial charge in [0.05, 0.1) is 11.5 Å². The van der Waals surface area contributed by atoms with Crippen LogP contribution in [0.25, 0.3) is 0 Å². The molecule has 0 radical (unpaired) electrons. The Labute approximate surface area is 130 Å². The summed E-state index contributed by atoms with van der Waals surface area (Å²) >= 11 is 1.67. The molecular weight excluding hydrogens is 282 g/mol. The lowest BCUT2D eigenvalue weighted by Crippen LogP contribution is -2.38. The Balaban J connectivity index is 1.63. The van der Waals surface area contributed by atoms with Gasteiger partial charge < -0.3 is 10.4 Å². The van der Waals surface area contributed by atoms with E-state index in [1.54, 1.807) is 11.3 Å². The van der Waals surface area contributed by atoms with Crippen LogP contribution in [-0.4, -0.2) is 24.2 Å². The molecule has 2 aliphatic carbocycles. The predicted octanol–water partition coefficient (Wildman–Crippen LogP) is 3.30. The Kier molecular flexibility index (Phi) is 4.65. The highest BCUT2D eigenvalue weighted by Gasteiger charge is 2.33. The summed E-state index contributed by atoms with van der Waals surface area (Å²) in [7, 11) is 0. The number of aliphatic hydroxyl groups is 1. The van der Waals surface area contributed by atoms with Crippen LogP contribution in [0.5, 0.6) is 0 Å². The topological polar surface area (TPSA) is 49.3 Å². The van der Waals surface area contributed by atoms with Crippen LogP contribution in [0.4, 0.5) is 0 Å². The lowest BCUT2D eigenvalue weighted by molar-refractivity contribution is 0.0884. The smallest absolute Gasteiger partial charge is 0.261 e. The van der Waals surface area contributed by atoms with Gasteiger partial charge in [0, 0.05) is 16.8 Å². The molecule has 0 bridgehead atoms. The molecular formula is C17H25NO2S. The van der Waals surface area contributed by atoms with Crippen molar-refractivity contribution in [2.75, 3.05) is 13.2 Å². The largest absolute Gasteiger partial charge is 0.396 e. The molecule has 1 heterocycles. The molecule has 2 N–H and O–H groups in total. The van der Waals surface area contributed by atoms with Crippen molar-refractivity contribution in [3.63, 3.8) is 0 Å². The van der Waals surface area contributed by atoms with Gasteiger partial charge in [-0.3, -0.25) is 4.79 Å². The minimum Gasteiger partial charge on any atom is -0.396 e. The Hall–Kier alpha value is -0.870. The van der Waals surface area contributed by atoms with Crippen molar-refractivity contribution < 1.29 is 9.90 Å². The molecule has 21 heavy (non-hydrogen) atoms.